The van der Waals surface area contributed by atoms with Crippen LogP contribution >= 0.6 is 0 Å². The molecule has 1 aromatic carbocycles. The maximum atomic E-state index is 12.2. The number of hydrogen-bond donors (Lipinski definition) is 0. The third kappa shape index (κ3) is 3.07. The molecule has 1 aliphatic rings. The molecule has 104 valence electrons. The summed E-state index contributed by atoms with van der Waals surface area (Å²) in [6, 6.07) is 5.96. The lowest BCUT2D eigenvalue weighted by atomic mass is 10.1. The van der Waals surface area contributed by atoms with Crippen molar-refractivity contribution in [3.05, 3.63) is 29.3 Å². The van der Waals surface area contributed by atoms with Crippen LogP contribution in [-0.2, 0) is 22.5 Å². The largest absolute Gasteiger partial charge is 0.443 e. The molecule has 1 heterocycles. The fourth-order valence-electron chi connectivity index (χ4n) is 2.30. The number of hydrogen-bond acceptors (Lipinski definition) is 3. The number of nitrogens with zero attached hydrogens (tertiary/aromatic N) is 1. The van der Waals surface area contributed by atoms with Crippen molar-refractivity contribution >= 4 is 11.8 Å². The van der Waals surface area contributed by atoms with Gasteiger partial charge in [-0.1, -0.05) is 12.1 Å². The fraction of sp³-hybridized carbons (Fsp3) is 0.533. The molecule has 0 saturated heterocycles. The lowest BCUT2D eigenvalue weighted by molar-refractivity contribution is 0.0584. The van der Waals surface area contributed by atoms with Gasteiger partial charge >= 0.3 is 6.09 Å². The molecule has 0 spiro atoms. The van der Waals surface area contributed by atoms with Gasteiger partial charge in [-0.2, -0.15) is 0 Å². The second-order valence-corrected chi connectivity index (χ2v) is 5.73. The van der Waals surface area contributed by atoms with Gasteiger partial charge in [-0.3, -0.25) is 4.90 Å². The van der Waals surface area contributed by atoms with E-state index < -0.39 is 5.60 Å². The van der Waals surface area contributed by atoms with Crippen molar-refractivity contribution in [2.24, 2.45) is 0 Å². The number of anilines is 1. The Morgan fingerprint density at radius 3 is 2.74 bits per heavy atom. The Balaban J connectivity index is 2.22. The van der Waals surface area contributed by atoms with E-state index in [2.05, 4.69) is 0 Å². The molecule has 0 N–H and O–H groups in total. The van der Waals surface area contributed by atoms with E-state index in [4.69, 9.17) is 9.47 Å². The Morgan fingerprint density at radius 2 is 2.11 bits per heavy atom. The molecule has 4 nitrogen and oxygen atoms in total. The van der Waals surface area contributed by atoms with Gasteiger partial charge in [0.2, 0.25) is 0 Å². The predicted octanol–water partition coefficient (Wildman–Crippen LogP) is 3.13. The van der Waals surface area contributed by atoms with Gasteiger partial charge in [-0.05, 0) is 44.4 Å². The maximum Gasteiger partial charge on any atom is 0.414 e. The summed E-state index contributed by atoms with van der Waals surface area (Å²) in [5.41, 5.74) is 2.81. The number of carbonyl (C=O) groups excluding carboxylic acids is 1. The van der Waals surface area contributed by atoms with E-state index in [-0.39, 0.29) is 6.09 Å². The molecule has 0 bridgehead atoms. The monoisotopic (exact) mass is 263 g/mol. The lowest BCUT2D eigenvalue weighted by Crippen LogP contribution is -2.35. The molecule has 4 heteroatoms. The number of carbonyl (C=O) groups is 1. The number of fused-ring (bicyclic) bond motifs is 1. The smallest absolute Gasteiger partial charge is 0.414 e. The average molecular weight is 263 g/mol. The molecule has 0 saturated carbocycles. The van der Waals surface area contributed by atoms with Crippen LogP contribution < -0.4 is 4.90 Å². The highest BCUT2D eigenvalue weighted by Gasteiger charge is 2.29. The van der Waals surface area contributed by atoms with Gasteiger partial charge in [0.25, 0.3) is 0 Å². The van der Waals surface area contributed by atoms with Crippen LogP contribution in [0.4, 0.5) is 10.5 Å². The summed E-state index contributed by atoms with van der Waals surface area (Å²) in [6.07, 6.45) is 0.578. The van der Waals surface area contributed by atoms with E-state index in [1.807, 2.05) is 39.0 Å². The molecular weight excluding hydrogens is 242 g/mol. The molecule has 0 aromatic heterocycles. The van der Waals surface area contributed by atoms with Gasteiger partial charge < -0.3 is 9.47 Å². The zero-order chi connectivity index (χ0) is 14.0. The first-order valence-corrected chi connectivity index (χ1v) is 6.52. The Labute approximate surface area is 114 Å². The van der Waals surface area contributed by atoms with Crippen LogP contribution in [-0.4, -0.2) is 25.3 Å². The number of ether oxygens (including phenoxy) is 2. The maximum absolute atomic E-state index is 12.2. The van der Waals surface area contributed by atoms with Crippen LogP contribution in [0.25, 0.3) is 0 Å². The highest BCUT2D eigenvalue weighted by atomic mass is 16.6. The Kier molecular flexibility index (Phi) is 3.80. The molecule has 0 aliphatic carbocycles. The second-order valence-electron chi connectivity index (χ2n) is 5.73. The summed E-state index contributed by atoms with van der Waals surface area (Å²) in [5, 5.41) is 0. The molecule has 1 amide bonds. The van der Waals surface area contributed by atoms with Crippen LogP contribution in [0, 0.1) is 0 Å². The first-order valence-electron chi connectivity index (χ1n) is 6.52. The molecule has 0 fully saturated rings. The summed E-state index contributed by atoms with van der Waals surface area (Å²) in [5.74, 6) is 0. The van der Waals surface area contributed by atoms with Crippen molar-refractivity contribution in [1.29, 1.82) is 0 Å². The molecule has 2 rings (SSSR count). The Bertz CT molecular complexity index is 477. The van der Waals surface area contributed by atoms with Crippen LogP contribution in [0.15, 0.2) is 18.2 Å². The van der Waals surface area contributed by atoms with Crippen LogP contribution in [0.2, 0.25) is 0 Å². The topological polar surface area (TPSA) is 38.8 Å². The fourth-order valence-corrected chi connectivity index (χ4v) is 2.30. The van der Waals surface area contributed by atoms with Crippen molar-refractivity contribution in [3.8, 4) is 0 Å². The van der Waals surface area contributed by atoms with Crippen molar-refractivity contribution in [3.63, 3.8) is 0 Å². The average Bonchev–Trinajstić information content (AvgIpc) is 2.72. The number of methoxy groups -OCH3 is 1. The third-order valence-corrected chi connectivity index (χ3v) is 3.04. The first-order chi connectivity index (χ1) is 8.92. The van der Waals surface area contributed by atoms with Crippen molar-refractivity contribution in [2.45, 2.75) is 39.4 Å². The lowest BCUT2D eigenvalue weighted by Gasteiger charge is -2.24. The number of amides is 1. The van der Waals surface area contributed by atoms with Gasteiger partial charge in [-0.25, -0.2) is 4.79 Å². The van der Waals surface area contributed by atoms with Gasteiger partial charge in [0.05, 0.1) is 12.3 Å². The van der Waals surface area contributed by atoms with E-state index in [1.165, 1.54) is 5.56 Å². The van der Waals surface area contributed by atoms with E-state index in [0.717, 1.165) is 17.7 Å². The highest BCUT2D eigenvalue weighted by molar-refractivity contribution is 5.90. The van der Waals surface area contributed by atoms with Gasteiger partial charge in [-0.15, -0.1) is 0 Å². The Morgan fingerprint density at radius 1 is 1.37 bits per heavy atom. The van der Waals surface area contributed by atoms with E-state index in [1.54, 1.807) is 12.0 Å². The van der Waals surface area contributed by atoms with Crippen molar-refractivity contribution < 1.29 is 14.3 Å². The van der Waals surface area contributed by atoms with Gasteiger partial charge in [0, 0.05) is 13.7 Å². The quantitative estimate of drug-likeness (QED) is 0.823. The van der Waals surface area contributed by atoms with Crippen LogP contribution in [0.5, 0.6) is 0 Å². The van der Waals surface area contributed by atoms with E-state index >= 15 is 0 Å². The standard InChI is InChI=1S/C15H21NO3/c1-15(2,3)19-14(17)16-9-8-12-11(10-18-4)6-5-7-13(12)16/h5-7H,8-10H2,1-4H3. The molecule has 1 aliphatic heterocycles. The van der Waals surface area contributed by atoms with Gasteiger partial charge in [0.15, 0.2) is 0 Å². The Hall–Kier alpha value is -1.55. The van der Waals surface area contributed by atoms with Crippen molar-refractivity contribution in [1.82, 2.24) is 0 Å². The molecular formula is C15H21NO3. The molecule has 0 atom stereocenters. The van der Waals surface area contributed by atoms with E-state index in [0.29, 0.717) is 13.2 Å². The SMILES string of the molecule is COCc1cccc2c1CCN2C(=O)OC(C)(C)C. The second kappa shape index (κ2) is 5.21. The first kappa shape index (κ1) is 13.9. The molecule has 0 radical (unpaired) electrons. The minimum atomic E-state index is -0.468. The minimum absolute atomic E-state index is 0.277. The summed E-state index contributed by atoms with van der Waals surface area (Å²) in [4.78, 5) is 13.9. The predicted molar refractivity (Wildman–Crippen MR) is 74.4 cm³/mol. The van der Waals surface area contributed by atoms with Gasteiger partial charge in [0.1, 0.15) is 5.60 Å². The van der Waals surface area contributed by atoms with E-state index in [9.17, 15) is 4.79 Å². The number of rotatable bonds is 2. The summed E-state index contributed by atoms with van der Waals surface area (Å²) >= 11 is 0. The van der Waals surface area contributed by atoms with Crippen LogP contribution in [0.3, 0.4) is 0 Å². The summed E-state index contributed by atoms with van der Waals surface area (Å²) in [6.45, 7) is 6.88. The van der Waals surface area contributed by atoms with Crippen LogP contribution in [0.1, 0.15) is 31.9 Å². The minimum Gasteiger partial charge on any atom is -0.443 e. The van der Waals surface area contributed by atoms with Crippen molar-refractivity contribution in [2.75, 3.05) is 18.6 Å². The highest BCUT2D eigenvalue weighted by Crippen LogP contribution is 2.32. The molecule has 19 heavy (non-hydrogen) atoms. The molecule has 0 unspecified atom stereocenters. The normalized spacial score (nSPS) is 14.4. The number of benzene rings is 1. The summed E-state index contributed by atoms with van der Waals surface area (Å²) in [7, 11) is 1.68. The molecule has 1 aromatic rings. The third-order valence-electron chi connectivity index (χ3n) is 3.04. The zero-order valence-corrected chi connectivity index (χ0v) is 12.0. The zero-order valence-electron chi connectivity index (χ0n) is 12.0. The summed E-state index contributed by atoms with van der Waals surface area (Å²) < 4.78 is 10.6.